The SMILES string of the molecule is CN(CCCN)c1ccc(O)cc1. The van der Waals surface area contributed by atoms with Crippen molar-refractivity contribution in [1.29, 1.82) is 0 Å². The van der Waals surface area contributed by atoms with Crippen LogP contribution in [0.2, 0.25) is 0 Å². The van der Waals surface area contributed by atoms with Crippen LogP contribution >= 0.6 is 0 Å². The molecule has 0 atom stereocenters. The maximum absolute atomic E-state index is 9.08. The average Bonchev–Trinajstić information content (AvgIpc) is 2.15. The van der Waals surface area contributed by atoms with Crippen LogP contribution in [0.4, 0.5) is 5.69 Å². The monoisotopic (exact) mass is 180 g/mol. The van der Waals surface area contributed by atoms with E-state index < -0.39 is 0 Å². The zero-order valence-corrected chi connectivity index (χ0v) is 7.90. The number of rotatable bonds is 4. The minimum Gasteiger partial charge on any atom is -0.508 e. The maximum Gasteiger partial charge on any atom is 0.115 e. The van der Waals surface area contributed by atoms with Crippen LogP contribution in [-0.4, -0.2) is 25.2 Å². The second-order valence-electron chi connectivity index (χ2n) is 3.08. The Morgan fingerprint density at radius 2 is 1.92 bits per heavy atom. The van der Waals surface area contributed by atoms with Gasteiger partial charge in [0.05, 0.1) is 0 Å². The molecule has 3 heteroatoms. The summed E-state index contributed by atoms with van der Waals surface area (Å²) < 4.78 is 0. The fraction of sp³-hybridized carbons (Fsp3) is 0.400. The summed E-state index contributed by atoms with van der Waals surface area (Å²) in [5.74, 6) is 0.302. The van der Waals surface area contributed by atoms with E-state index in [4.69, 9.17) is 10.8 Å². The number of nitrogens with zero attached hydrogens (tertiary/aromatic N) is 1. The first-order valence-electron chi connectivity index (χ1n) is 4.44. The van der Waals surface area contributed by atoms with Crippen molar-refractivity contribution in [3.63, 3.8) is 0 Å². The largest absolute Gasteiger partial charge is 0.508 e. The fourth-order valence-electron chi connectivity index (χ4n) is 1.16. The van der Waals surface area contributed by atoms with Crippen molar-refractivity contribution in [2.24, 2.45) is 5.73 Å². The van der Waals surface area contributed by atoms with Gasteiger partial charge < -0.3 is 15.7 Å². The topological polar surface area (TPSA) is 49.5 Å². The van der Waals surface area contributed by atoms with Gasteiger partial charge in [-0.05, 0) is 37.2 Å². The van der Waals surface area contributed by atoms with Crippen molar-refractivity contribution >= 4 is 5.69 Å². The molecule has 1 rings (SSSR count). The molecule has 0 saturated heterocycles. The second kappa shape index (κ2) is 4.72. The number of nitrogens with two attached hydrogens (primary N) is 1. The molecular weight excluding hydrogens is 164 g/mol. The van der Waals surface area contributed by atoms with Gasteiger partial charge in [0.15, 0.2) is 0 Å². The summed E-state index contributed by atoms with van der Waals surface area (Å²) in [4.78, 5) is 2.12. The van der Waals surface area contributed by atoms with Crippen LogP contribution in [0.3, 0.4) is 0 Å². The first-order chi connectivity index (χ1) is 6.24. The van der Waals surface area contributed by atoms with E-state index in [9.17, 15) is 0 Å². The first kappa shape index (κ1) is 9.86. The summed E-state index contributed by atoms with van der Waals surface area (Å²) in [5.41, 5.74) is 6.52. The summed E-state index contributed by atoms with van der Waals surface area (Å²) in [5, 5.41) is 9.08. The minimum absolute atomic E-state index is 0.302. The molecule has 0 aliphatic rings. The predicted octanol–water partition coefficient (Wildman–Crippen LogP) is 1.18. The van der Waals surface area contributed by atoms with Crippen LogP contribution in [0.15, 0.2) is 24.3 Å². The Balaban J connectivity index is 2.55. The molecule has 0 bridgehead atoms. The zero-order valence-electron chi connectivity index (χ0n) is 7.90. The molecule has 72 valence electrons. The Bertz CT molecular complexity index is 246. The van der Waals surface area contributed by atoms with Crippen LogP contribution < -0.4 is 10.6 Å². The van der Waals surface area contributed by atoms with Crippen LogP contribution in [0.1, 0.15) is 6.42 Å². The standard InChI is InChI=1S/C10H16N2O/c1-12(8-2-7-11)9-3-5-10(13)6-4-9/h3-6,13H,2,7-8,11H2,1H3. The van der Waals surface area contributed by atoms with Crippen molar-refractivity contribution in [1.82, 2.24) is 0 Å². The van der Waals surface area contributed by atoms with Crippen LogP contribution in [0.25, 0.3) is 0 Å². The molecule has 0 radical (unpaired) electrons. The quantitative estimate of drug-likeness (QED) is 0.731. The molecule has 0 fully saturated rings. The Morgan fingerprint density at radius 3 is 2.46 bits per heavy atom. The third-order valence-electron chi connectivity index (χ3n) is 1.99. The summed E-state index contributed by atoms with van der Waals surface area (Å²) in [7, 11) is 2.02. The van der Waals surface area contributed by atoms with Crippen LogP contribution in [-0.2, 0) is 0 Å². The predicted molar refractivity (Wildman–Crippen MR) is 55.0 cm³/mol. The van der Waals surface area contributed by atoms with E-state index in [1.54, 1.807) is 12.1 Å². The molecule has 0 heterocycles. The van der Waals surface area contributed by atoms with Crippen molar-refractivity contribution in [2.75, 3.05) is 25.0 Å². The summed E-state index contributed by atoms with van der Waals surface area (Å²) in [6.45, 7) is 1.66. The molecule has 0 aliphatic heterocycles. The third kappa shape index (κ3) is 2.95. The summed E-state index contributed by atoms with van der Waals surface area (Å²) in [6, 6.07) is 7.17. The Kier molecular flexibility index (Phi) is 3.58. The molecule has 0 aromatic heterocycles. The normalized spacial score (nSPS) is 10.0. The highest BCUT2D eigenvalue weighted by molar-refractivity contribution is 5.47. The molecule has 0 aliphatic carbocycles. The lowest BCUT2D eigenvalue weighted by Crippen LogP contribution is -2.20. The summed E-state index contributed by atoms with van der Waals surface area (Å²) in [6.07, 6.45) is 0.984. The number of aromatic hydroxyl groups is 1. The minimum atomic E-state index is 0.302. The molecule has 13 heavy (non-hydrogen) atoms. The van der Waals surface area contributed by atoms with Gasteiger partial charge in [-0.2, -0.15) is 0 Å². The van der Waals surface area contributed by atoms with E-state index in [0.29, 0.717) is 12.3 Å². The molecule has 3 N–H and O–H groups in total. The molecule has 0 saturated carbocycles. The highest BCUT2D eigenvalue weighted by Crippen LogP contribution is 2.16. The number of benzene rings is 1. The van der Waals surface area contributed by atoms with Crippen LogP contribution in [0.5, 0.6) is 5.75 Å². The molecular formula is C10H16N2O. The first-order valence-corrected chi connectivity index (χ1v) is 4.44. The van der Waals surface area contributed by atoms with E-state index in [1.807, 2.05) is 19.2 Å². The van der Waals surface area contributed by atoms with Crippen molar-refractivity contribution in [2.45, 2.75) is 6.42 Å². The zero-order chi connectivity index (χ0) is 9.68. The van der Waals surface area contributed by atoms with E-state index in [-0.39, 0.29) is 0 Å². The van der Waals surface area contributed by atoms with Crippen molar-refractivity contribution in [3.05, 3.63) is 24.3 Å². The molecule has 0 amide bonds. The number of hydrogen-bond donors (Lipinski definition) is 2. The Labute approximate surface area is 78.8 Å². The molecule has 1 aromatic rings. The van der Waals surface area contributed by atoms with Gasteiger partial charge in [-0.1, -0.05) is 0 Å². The maximum atomic E-state index is 9.08. The van der Waals surface area contributed by atoms with Gasteiger partial charge in [-0.15, -0.1) is 0 Å². The molecule has 0 unspecified atom stereocenters. The van der Waals surface area contributed by atoms with Crippen molar-refractivity contribution < 1.29 is 5.11 Å². The smallest absolute Gasteiger partial charge is 0.115 e. The van der Waals surface area contributed by atoms with Crippen LogP contribution in [0, 0.1) is 0 Å². The van der Waals surface area contributed by atoms with Gasteiger partial charge in [0.25, 0.3) is 0 Å². The average molecular weight is 180 g/mol. The van der Waals surface area contributed by atoms with E-state index in [2.05, 4.69) is 4.90 Å². The number of phenols is 1. The van der Waals surface area contributed by atoms with Crippen molar-refractivity contribution in [3.8, 4) is 5.75 Å². The number of hydrogen-bond acceptors (Lipinski definition) is 3. The van der Waals surface area contributed by atoms with E-state index >= 15 is 0 Å². The highest BCUT2D eigenvalue weighted by Gasteiger charge is 1.98. The Morgan fingerprint density at radius 1 is 1.31 bits per heavy atom. The van der Waals surface area contributed by atoms with Gasteiger partial charge >= 0.3 is 0 Å². The lowest BCUT2D eigenvalue weighted by atomic mass is 10.2. The molecule has 0 spiro atoms. The second-order valence-corrected chi connectivity index (χ2v) is 3.08. The highest BCUT2D eigenvalue weighted by atomic mass is 16.3. The van der Waals surface area contributed by atoms with Gasteiger partial charge in [-0.3, -0.25) is 0 Å². The Hall–Kier alpha value is -1.22. The van der Waals surface area contributed by atoms with Gasteiger partial charge in [0.2, 0.25) is 0 Å². The third-order valence-corrected chi connectivity index (χ3v) is 1.99. The lowest BCUT2D eigenvalue weighted by Gasteiger charge is -2.18. The van der Waals surface area contributed by atoms with Gasteiger partial charge in [0, 0.05) is 19.3 Å². The molecule has 1 aromatic carbocycles. The molecule has 3 nitrogen and oxygen atoms in total. The van der Waals surface area contributed by atoms with Gasteiger partial charge in [-0.25, -0.2) is 0 Å². The van der Waals surface area contributed by atoms with Gasteiger partial charge in [0.1, 0.15) is 5.75 Å². The van der Waals surface area contributed by atoms with E-state index in [0.717, 1.165) is 18.7 Å². The fourth-order valence-corrected chi connectivity index (χ4v) is 1.16. The number of anilines is 1. The van der Waals surface area contributed by atoms with E-state index in [1.165, 1.54) is 0 Å². The lowest BCUT2D eigenvalue weighted by molar-refractivity contribution is 0.475. The number of phenolic OH excluding ortho intramolecular Hbond substituents is 1. The summed E-state index contributed by atoms with van der Waals surface area (Å²) >= 11 is 0.